The largest absolute Gasteiger partial charge is 0.490 e. The number of amides is 2. The van der Waals surface area contributed by atoms with Crippen molar-refractivity contribution in [1.82, 2.24) is 9.59 Å². The first kappa shape index (κ1) is 21.2. The van der Waals surface area contributed by atoms with Crippen molar-refractivity contribution in [2.75, 3.05) is 23.4 Å². The number of hydrogen-bond donors (Lipinski definition) is 1. The number of ether oxygens (including phenoxy) is 1. The lowest BCUT2D eigenvalue weighted by Gasteiger charge is -2.29. The summed E-state index contributed by atoms with van der Waals surface area (Å²) in [5.41, 5.74) is 1.38. The summed E-state index contributed by atoms with van der Waals surface area (Å²) < 4.78 is 9.85. The number of rotatable bonds is 6. The van der Waals surface area contributed by atoms with Gasteiger partial charge in [0.15, 0.2) is 0 Å². The molecule has 0 unspecified atom stereocenters. The Kier molecular flexibility index (Phi) is 6.21. The van der Waals surface area contributed by atoms with E-state index in [1.54, 1.807) is 11.0 Å². The minimum atomic E-state index is -0.624. The van der Waals surface area contributed by atoms with E-state index in [1.165, 1.54) is 0 Å². The van der Waals surface area contributed by atoms with Crippen LogP contribution >= 0.6 is 11.5 Å². The van der Waals surface area contributed by atoms with Crippen LogP contribution in [0.3, 0.4) is 0 Å². The van der Waals surface area contributed by atoms with Crippen molar-refractivity contribution < 1.29 is 14.3 Å². The number of anilines is 2. The second kappa shape index (κ2) is 8.49. The summed E-state index contributed by atoms with van der Waals surface area (Å²) in [6, 6.07) is 5.41. The number of aromatic nitrogens is 2. The minimum Gasteiger partial charge on any atom is -0.490 e. The van der Waals surface area contributed by atoms with E-state index in [4.69, 9.17) is 4.74 Å². The van der Waals surface area contributed by atoms with E-state index in [2.05, 4.69) is 28.8 Å². The third-order valence-corrected chi connectivity index (χ3v) is 5.48. The maximum Gasteiger partial charge on any atom is 0.269 e. The molecule has 0 radical (unpaired) electrons. The first-order chi connectivity index (χ1) is 13.7. The molecule has 2 heterocycles. The van der Waals surface area contributed by atoms with E-state index >= 15 is 0 Å². The lowest BCUT2D eigenvalue weighted by Crippen LogP contribution is -2.43. The lowest BCUT2D eigenvalue weighted by atomic mass is 9.92. The van der Waals surface area contributed by atoms with Gasteiger partial charge in [0, 0.05) is 12.2 Å². The Labute approximate surface area is 175 Å². The van der Waals surface area contributed by atoms with Gasteiger partial charge in [-0.1, -0.05) is 31.7 Å². The van der Waals surface area contributed by atoms with Crippen LogP contribution in [0.15, 0.2) is 18.2 Å². The number of carbonyl (C=O) groups is 2. The highest BCUT2D eigenvalue weighted by atomic mass is 32.1. The fourth-order valence-corrected chi connectivity index (χ4v) is 3.84. The molecule has 156 valence electrons. The second-order valence-corrected chi connectivity index (χ2v) is 9.17. The molecule has 1 N–H and O–H groups in total. The predicted octanol–water partition coefficient (Wildman–Crippen LogP) is 4.15. The van der Waals surface area contributed by atoms with Crippen LogP contribution in [0.1, 0.15) is 56.4 Å². The molecule has 0 fully saturated rings. The van der Waals surface area contributed by atoms with Crippen molar-refractivity contribution in [2.24, 2.45) is 11.3 Å². The molecule has 7 nitrogen and oxygen atoms in total. The van der Waals surface area contributed by atoms with E-state index in [0.29, 0.717) is 53.2 Å². The maximum absolute atomic E-state index is 13.1. The third-order valence-electron chi connectivity index (χ3n) is 4.72. The Morgan fingerprint density at radius 2 is 2.14 bits per heavy atom. The van der Waals surface area contributed by atoms with Crippen molar-refractivity contribution in [1.29, 1.82) is 0 Å². The highest BCUT2D eigenvalue weighted by Gasteiger charge is 2.38. The number of aryl methyl sites for hydroxylation is 1. The zero-order chi connectivity index (χ0) is 21.2. The zero-order valence-corrected chi connectivity index (χ0v) is 18.4. The fourth-order valence-electron chi connectivity index (χ4n) is 3.24. The van der Waals surface area contributed by atoms with Gasteiger partial charge in [-0.25, -0.2) is 0 Å². The van der Waals surface area contributed by atoms with Crippen LogP contribution in [0, 0.1) is 11.3 Å². The van der Waals surface area contributed by atoms with E-state index < -0.39 is 5.41 Å². The second-order valence-electron chi connectivity index (χ2n) is 8.42. The SMILES string of the molecule is CCCc1nnsc1C(=O)Nc1ccc2c(c1)N(CC(C)C)C(=O)C(C)(C)CO2. The smallest absolute Gasteiger partial charge is 0.269 e. The van der Waals surface area contributed by atoms with Gasteiger partial charge in [-0.15, -0.1) is 5.10 Å². The van der Waals surface area contributed by atoms with Gasteiger partial charge in [-0.05, 0) is 55.9 Å². The molecule has 2 amide bonds. The van der Waals surface area contributed by atoms with Crippen LogP contribution in [0.2, 0.25) is 0 Å². The van der Waals surface area contributed by atoms with Crippen molar-refractivity contribution >= 4 is 34.7 Å². The number of hydrogen-bond acceptors (Lipinski definition) is 6. The molecule has 1 aliphatic heterocycles. The molecule has 2 aromatic rings. The zero-order valence-electron chi connectivity index (χ0n) is 17.6. The van der Waals surface area contributed by atoms with Gasteiger partial charge in [0.05, 0.1) is 16.8 Å². The summed E-state index contributed by atoms with van der Waals surface area (Å²) in [5, 5.41) is 6.98. The summed E-state index contributed by atoms with van der Waals surface area (Å²) in [5.74, 6) is 0.720. The van der Waals surface area contributed by atoms with Crippen LogP contribution in [0.4, 0.5) is 11.4 Å². The average Bonchev–Trinajstić information content (AvgIpc) is 3.10. The lowest BCUT2D eigenvalue weighted by molar-refractivity contribution is -0.127. The van der Waals surface area contributed by atoms with Crippen molar-refractivity contribution in [3.63, 3.8) is 0 Å². The van der Waals surface area contributed by atoms with Crippen LogP contribution in [0.5, 0.6) is 5.75 Å². The van der Waals surface area contributed by atoms with E-state index in [-0.39, 0.29) is 11.8 Å². The van der Waals surface area contributed by atoms with E-state index in [1.807, 2.05) is 32.9 Å². The Bertz CT molecular complexity index is 907. The maximum atomic E-state index is 13.1. The van der Waals surface area contributed by atoms with Gasteiger partial charge in [-0.3, -0.25) is 9.59 Å². The summed E-state index contributed by atoms with van der Waals surface area (Å²) in [6.45, 7) is 10.9. The van der Waals surface area contributed by atoms with Gasteiger partial charge in [0.1, 0.15) is 17.2 Å². The van der Waals surface area contributed by atoms with Gasteiger partial charge >= 0.3 is 0 Å². The highest BCUT2D eigenvalue weighted by Crippen LogP contribution is 2.38. The molecular weight excluding hydrogens is 388 g/mol. The number of carbonyl (C=O) groups excluding carboxylic acids is 2. The summed E-state index contributed by atoms with van der Waals surface area (Å²) in [7, 11) is 0. The Morgan fingerprint density at radius 3 is 2.83 bits per heavy atom. The molecule has 0 saturated heterocycles. The number of fused-ring (bicyclic) bond motifs is 1. The normalized spacial score (nSPS) is 15.7. The molecule has 0 bridgehead atoms. The quantitative estimate of drug-likeness (QED) is 0.765. The molecule has 1 aromatic heterocycles. The third kappa shape index (κ3) is 4.58. The van der Waals surface area contributed by atoms with Crippen molar-refractivity contribution in [3.8, 4) is 5.75 Å². The van der Waals surface area contributed by atoms with Crippen LogP contribution in [0.25, 0.3) is 0 Å². The van der Waals surface area contributed by atoms with Crippen LogP contribution in [-0.2, 0) is 11.2 Å². The molecule has 1 aromatic carbocycles. The summed E-state index contributed by atoms with van der Waals surface area (Å²) in [4.78, 5) is 28.2. The first-order valence-electron chi connectivity index (χ1n) is 9.94. The molecule has 8 heteroatoms. The minimum absolute atomic E-state index is 0.0188. The molecule has 0 spiro atoms. The molecule has 0 saturated carbocycles. The number of nitrogens with one attached hydrogen (secondary N) is 1. The number of benzene rings is 1. The fraction of sp³-hybridized carbons (Fsp3) is 0.524. The van der Waals surface area contributed by atoms with Crippen LogP contribution < -0.4 is 15.0 Å². The first-order valence-corrected chi connectivity index (χ1v) is 10.7. The number of nitrogens with zero attached hydrogens (tertiary/aromatic N) is 3. The van der Waals surface area contributed by atoms with Crippen molar-refractivity contribution in [3.05, 3.63) is 28.8 Å². The Morgan fingerprint density at radius 1 is 1.38 bits per heavy atom. The van der Waals surface area contributed by atoms with Crippen LogP contribution in [-0.4, -0.2) is 34.6 Å². The molecule has 0 aliphatic carbocycles. The van der Waals surface area contributed by atoms with Gasteiger partial charge in [0.2, 0.25) is 5.91 Å². The Balaban J connectivity index is 1.92. The molecular formula is C21H28N4O3S. The highest BCUT2D eigenvalue weighted by molar-refractivity contribution is 7.08. The average molecular weight is 417 g/mol. The molecule has 1 aliphatic rings. The Hall–Kier alpha value is -2.48. The monoisotopic (exact) mass is 416 g/mol. The van der Waals surface area contributed by atoms with Crippen molar-refractivity contribution in [2.45, 2.75) is 47.5 Å². The summed E-state index contributed by atoms with van der Waals surface area (Å²) >= 11 is 1.10. The van der Waals surface area contributed by atoms with Gasteiger partial charge in [-0.2, -0.15) is 0 Å². The van der Waals surface area contributed by atoms with Gasteiger partial charge in [0.25, 0.3) is 5.91 Å². The van der Waals surface area contributed by atoms with Gasteiger partial charge < -0.3 is 15.0 Å². The molecule has 0 atom stereocenters. The summed E-state index contributed by atoms with van der Waals surface area (Å²) in [6.07, 6.45) is 1.60. The van der Waals surface area contributed by atoms with E-state index in [9.17, 15) is 9.59 Å². The topological polar surface area (TPSA) is 84.4 Å². The van der Waals surface area contributed by atoms with E-state index in [0.717, 1.165) is 18.0 Å². The predicted molar refractivity (Wildman–Crippen MR) is 115 cm³/mol. The standard InChI is InChI=1S/C21H28N4O3S/c1-6-7-15-18(29-24-23-15)19(26)22-14-8-9-17-16(10-14)25(11-13(2)3)20(27)21(4,5)12-28-17/h8-10,13H,6-7,11-12H2,1-5H3,(H,22,26). The molecule has 29 heavy (non-hydrogen) atoms. The molecule has 3 rings (SSSR count).